The number of halogens is 2. The number of anilines is 1. The van der Waals surface area contributed by atoms with Gasteiger partial charge in [0.25, 0.3) is 0 Å². The van der Waals surface area contributed by atoms with Crippen LogP contribution in [0.3, 0.4) is 0 Å². The molecule has 0 radical (unpaired) electrons. The van der Waals surface area contributed by atoms with Gasteiger partial charge in [-0.2, -0.15) is 0 Å². The molecule has 10 heteroatoms. The Morgan fingerprint density at radius 2 is 1.48 bits per heavy atom. The molecule has 166 valence electrons. The molecule has 1 rings (SSSR count). The van der Waals surface area contributed by atoms with E-state index in [-0.39, 0.29) is 18.9 Å². The first-order valence-electron chi connectivity index (χ1n) is 9.28. The molecule has 1 aromatic carbocycles. The Kier molecular flexibility index (Phi) is 11.8. The Morgan fingerprint density at radius 1 is 0.966 bits per heavy atom. The molecule has 0 bridgehead atoms. The monoisotopic (exact) mass is 452 g/mol. The number of rotatable bonds is 13. The van der Waals surface area contributed by atoms with Gasteiger partial charge in [-0.15, -0.1) is 23.2 Å². The first-order valence-corrected chi connectivity index (χ1v) is 10.3. The largest absolute Gasteiger partial charge is 0.394 e. The lowest BCUT2D eigenvalue weighted by atomic mass is 10.0. The summed E-state index contributed by atoms with van der Waals surface area (Å²) in [7, 11) is 1.46. The number of likely N-dealkylation sites (N-methyl/N-ethyl adjacent to an activating group) is 1. The number of aliphatic hydroxyl groups excluding tert-OH is 5. The highest BCUT2D eigenvalue weighted by atomic mass is 35.5. The Balaban J connectivity index is 2.64. The Labute approximate surface area is 180 Å². The van der Waals surface area contributed by atoms with Crippen LogP contribution in [0.1, 0.15) is 5.56 Å². The average molecular weight is 453 g/mol. The maximum atomic E-state index is 12.4. The second-order valence-corrected chi connectivity index (χ2v) is 7.54. The van der Waals surface area contributed by atoms with Gasteiger partial charge in [0.2, 0.25) is 5.91 Å². The highest BCUT2D eigenvalue weighted by Crippen LogP contribution is 2.16. The van der Waals surface area contributed by atoms with Crippen LogP contribution in [-0.4, -0.2) is 106 Å². The minimum Gasteiger partial charge on any atom is -0.394 e. The summed E-state index contributed by atoms with van der Waals surface area (Å²) < 4.78 is 0. The minimum absolute atomic E-state index is 0.0897. The molecule has 29 heavy (non-hydrogen) atoms. The van der Waals surface area contributed by atoms with Crippen LogP contribution in [0.5, 0.6) is 0 Å². The van der Waals surface area contributed by atoms with E-state index >= 15 is 0 Å². The molecule has 0 saturated carbocycles. The maximum Gasteiger partial charge on any atom is 0.226 e. The van der Waals surface area contributed by atoms with E-state index < -0.39 is 31.0 Å². The molecule has 4 unspecified atom stereocenters. The molecular formula is C19H30Cl2N2O6. The van der Waals surface area contributed by atoms with E-state index in [1.807, 2.05) is 29.2 Å². The van der Waals surface area contributed by atoms with Gasteiger partial charge in [0.1, 0.15) is 24.4 Å². The number of hydrogen-bond donors (Lipinski definition) is 5. The molecule has 0 spiro atoms. The summed E-state index contributed by atoms with van der Waals surface area (Å²) in [6.07, 6.45) is -6.41. The normalized spacial score (nSPS) is 15.4. The third kappa shape index (κ3) is 8.25. The molecular weight excluding hydrogens is 423 g/mol. The van der Waals surface area contributed by atoms with Gasteiger partial charge in [0, 0.05) is 44.1 Å². The van der Waals surface area contributed by atoms with Crippen molar-refractivity contribution >= 4 is 34.8 Å². The molecule has 0 aliphatic carbocycles. The summed E-state index contributed by atoms with van der Waals surface area (Å²) in [5.41, 5.74) is 1.72. The third-order valence-corrected chi connectivity index (χ3v) is 4.92. The lowest BCUT2D eigenvalue weighted by molar-refractivity contribution is -0.137. The molecule has 0 aliphatic heterocycles. The fraction of sp³-hybridized carbons (Fsp3) is 0.632. The minimum atomic E-state index is -1.73. The fourth-order valence-electron chi connectivity index (χ4n) is 2.76. The van der Waals surface area contributed by atoms with Gasteiger partial charge in [0.15, 0.2) is 0 Å². The molecule has 0 aliphatic rings. The zero-order valence-corrected chi connectivity index (χ0v) is 17.9. The zero-order valence-electron chi connectivity index (χ0n) is 16.4. The van der Waals surface area contributed by atoms with Crippen LogP contribution in [0.25, 0.3) is 0 Å². The van der Waals surface area contributed by atoms with Gasteiger partial charge in [0.05, 0.1) is 13.0 Å². The van der Waals surface area contributed by atoms with Gasteiger partial charge in [-0.3, -0.25) is 4.79 Å². The molecule has 4 atom stereocenters. The molecule has 0 heterocycles. The summed E-state index contributed by atoms with van der Waals surface area (Å²) in [5.74, 6) is 0.653. The molecule has 5 N–H and O–H groups in total. The number of alkyl halides is 2. The van der Waals surface area contributed by atoms with Gasteiger partial charge >= 0.3 is 0 Å². The number of nitrogens with zero attached hydrogens (tertiary/aromatic N) is 2. The number of aliphatic hydroxyl groups is 5. The van der Waals surface area contributed by atoms with Gasteiger partial charge in [-0.05, 0) is 17.7 Å². The van der Waals surface area contributed by atoms with Crippen LogP contribution in [-0.2, 0) is 11.2 Å². The number of carbonyl (C=O) groups excluding carboxylic acids is 1. The van der Waals surface area contributed by atoms with E-state index in [2.05, 4.69) is 0 Å². The van der Waals surface area contributed by atoms with Crippen LogP contribution in [0.15, 0.2) is 24.3 Å². The van der Waals surface area contributed by atoms with E-state index in [4.69, 9.17) is 28.3 Å². The summed E-state index contributed by atoms with van der Waals surface area (Å²) in [5, 5.41) is 47.6. The Hall–Kier alpha value is -1.13. The second kappa shape index (κ2) is 13.2. The van der Waals surface area contributed by atoms with Crippen LogP contribution >= 0.6 is 23.2 Å². The third-order valence-electron chi connectivity index (χ3n) is 4.58. The summed E-state index contributed by atoms with van der Waals surface area (Å²) in [4.78, 5) is 15.7. The lowest BCUT2D eigenvalue weighted by Crippen LogP contribution is -2.50. The Morgan fingerprint density at radius 3 is 1.97 bits per heavy atom. The van der Waals surface area contributed by atoms with Crippen LogP contribution < -0.4 is 4.90 Å². The molecule has 0 aromatic heterocycles. The number of hydrogen-bond acceptors (Lipinski definition) is 7. The van der Waals surface area contributed by atoms with Crippen LogP contribution in [0.2, 0.25) is 0 Å². The second-order valence-electron chi connectivity index (χ2n) is 6.78. The van der Waals surface area contributed by atoms with Crippen molar-refractivity contribution in [2.75, 3.05) is 49.9 Å². The van der Waals surface area contributed by atoms with E-state index in [0.29, 0.717) is 24.8 Å². The van der Waals surface area contributed by atoms with Gasteiger partial charge < -0.3 is 35.3 Å². The first kappa shape index (κ1) is 25.9. The fourth-order valence-corrected chi connectivity index (χ4v) is 3.17. The van der Waals surface area contributed by atoms with Crippen molar-refractivity contribution in [2.24, 2.45) is 0 Å². The predicted molar refractivity (Wildman–Crippen MR) is 113 cm³/mol. The topological polar surface area (TPSA) is 125 Å². The first-order chi connectivity index (χ1) is 13.7. The number of amides is 1. The molecule has 0 saturated heterocycles. The van der Waals surface area contributed by atoms with E-state index in [1.54, 1.807) is 0 Å². The van der Waals surface area contributed by atoms with E-state index in [1.165, 1.54) is 11.9 Å². The zero-order chi connectivity index (χ0) is 22.0. The lowest BCUT2D eigenvalue weighted by Gasteiger charge is -2.28. The highest BCUT2D eigenvalue weighted by Gasteiger charge is 2.31. The van der Waals surface area contributed by atoms with Crippen molar-refractivity contribution in [3.63, 3.8) is 0 Å². The van der Waals surface area contributed by atoms with Gasteiger partial charge in [-0.25, -0.2) is 0 Å². The highest BCUT2D eigenvalue weighted by molar-refractivity contribution is 6.18. The van der Waals surface area contributed by atoms with Gasteiger partial charge in [-0.1, -0.05) is 12.1 Å². The predicted octanol–water partition coefficient (Wildman–Crippen LogP) is -0.593. The van der Waals surface area contributed by atoms with E-state index in [9.17, 15) is 25.2 Å². The Bertz CT molecular complexity index is 601. The molecule has 8 nitrogen and oxygen atoms in total. The quantitative estimate of drug-likeness (QED) is 0.253. The van der Waals surface area contributed by atoms with Crippen molar-refractivity contribution in [3.05, 3.63) is 29.8 Å². The van der Waals surface area contributed by atoms with Crippen molar-refractivity contribution in [2.45, 2.75) is 30.8 Å². The van der Waals surface area contributed by atoms with Crippen molar-refractivity contribution in [1.82, 2.24) is 4.90 Å². The summed E-state index contributed by atoms with van der Waals surface area (Å²) in [6, 6.07) is 7.41. The average Bonchev–Trinajstić information content (AvgIpc) is 2.72. The van der Waals surface area contributed by atoms with Crippen molar-refractivity contribution in [1.29, 1.82) is 0 Å². The maximum absolute atomic E-state index is 12.4. The summed E-state index contributed by atoms with van der Waals surface area (Å²) >= 11 is 11.6. The molecule has 1 amide bonds. The summed E-state index contributed by atoms with van der Waals surface area (Å²) in [6.45, 7) is 0.314. The molecule has 1 aromatic rings. The standard InChI is InChI=1S/C19H30Cl2N2O6/c1-22(11-15(25)18(28)19(29)16(26)12-24)17(27)10-13-2-4-14(5-3-13)23(8-6-20)9-7-21/h2-5,15-16,18-19,24-26,28-29H,6-12H2,1H3. The van der Waals surface area contributed by atoms with E-state index in [0.717, 1.165) is 11.3 Å². The molecule has 0 fully saturated rings. The smallest absolute Gasteiger partial charge is 0.226 e. The van der Waals surface area contributed by atoms with Crippen molar-refractivity contribution < 1.29 is 30.3 Å². The van der Waals surface area contributed by atoms with Crippen LogP contribution in [0, 0.1) is 0 Å². The number of carbonyl (C=O) groups is 1. The van der Waals surface area contributed by atoms with Crippen LogP contribution in [0.4, 0.5) is 5.69 Å². The number of benzene rings is 1. The SMILES string of the molecule is CN(CC(O)C(O)C(O)C(O)CO)C(=O)Cc1ccc(N(CCCl)CCCl)cc1. The van der Waals surface area contributed by atoms with Crippen molar-refractivity contribution in [3.8, 4) is 0 Å².